The molecule has 0 aliphatic carbocycles. The summed E-state index contributed by atoms with van der Waals surface area (Å²) in [7, 11) is 0. The van der Waals surface area contributed by atoms with Gasteiger partial charge in [-0.15, -0.1) is 0 Å². The molecule has 154 valence electrons. The van der Waals surface area contributed by atoms with Gasteiger partial charge in [0.1, 0.15) is 17.8 Å². The van der Waals surface area contributed by atoms with Gasteiger partial charge in [-0.2, -0.15) is 0 Å². The molecule has 0 spiro atoms. The van der Waals surface area contributed by atoms with Gasteiger partial charge in [-0.3, -0.25) is 0 Å². The molecule has 1 aliphatic heterocycles. The van der Waals surface area contributed by atoms with Crippen molar-refractivity contribution in [2.45, 2.75) is 17.8 Å². The fraction of sp³-hybridized carbons (Fsp3) is 0.143. The van der Waals surface area contributed by atoms with Crippen molar-refractivity contribution >= 4 is 15.9 Å². The Labute approximate surface area is 191 Å². The van der Waals surface area contributed by atoms with Gasteiger partial charge in [0.2, 0.25) is 0 Å². The maximum absolute atomic E-state index is 6.85. The average molecular weight is 471 g/mol. The van der Waals surface area contributed by atoms with Crippen LogP contribution < -0.4 is 0 Å². The molecule has 31 heavy (non-hydrogen) atoms. The second-order valence-electron chi connectivity index (χ2n) is 7.74. The Bertz CT molecular complexity index is 1020. The molecule has 0 radical (unpaired) electrons. The summed E-state index contributed by atoms with van der Waals surface area (Å²) in [6.07, 6.45) is 0.116. The number of halogens is 1. The van der Waals surface area contributed by atoms with E-state index in [-0.39, 0.29) is 12.2 Å². The van der Waals surface area contributed by atoms with E-state index >= 15 is 0 Å². The summed E-state index contributed by atoms with van der Waals surface area (Å²) >= 11 is 3.50. The Hall–Kier alpha value is -2.72. The van der Waals surface area contributed by atoms with Gasteiger partial charge in [0.15, 0.2) is 0 Å². The first-order valence-corrected chi connectivity index (χ1v) is 11.3. The highest BCUT2D eigenvalue weighted by Crippen LogP contribution is 2.44. The van der Waals surface area contributed by atoms with Crippen LogP contribution >= 0.6 is 15.9 Å². The molecule has 0 unspecified atom stereocenters. The van der Waals surface area contributed by atoms with E-state index in [0.29, 0.717) is 6.61 Å². The van der Waals surface area contributed by atoms with E-state index in [4.69, 9.17) is 9.47 Å². The highest BCUT2D eigenvalue weighted by Gasteiger charge is 2.44. The molecule has 1 saturated heterocycles. The van der Waals surface area contributed by atoms with Crippen molar-refractivity contribution in [3.63, 3.8) is 0 Å². The Balaban J connectivity index is 1.51. The number of epoxide rings is 1. The smallest absolute Gasteiger partial charge is 0.143 e. The van der Waals surface area contributed by atoms with Crippen molar-refractivity contribution in [3.05, 3.63) is 142 Å². The molecule has 3 heteroatoms. The molecule has 0 aromatic heterocycles. The van der Waals surface area contributed by atoms with Crippen LogP contribution in [0.4, 0.5) is 0 Å². The van der Waals surface area contributed by atoms with Crippen LogP contribution in [0.25, 0.3) is 0 Å². The Kier molecular flexibility index (Phi) is 5.73. The molecule has 5 rings (SSSR count). The third-order valence-corrected chi connectivity index (χ3v) is 6.31. The first-order chi connectivity index (χ1) is 15.3. The van der Waals surface area contributed by atoms with E-state index in [1.165, 1.54) is 5.56 Å². The summed E-state index contributed by atoms with van der Waals surface area (Å²) in [4.78, 5) is 0. The molecule has 0 bridgehead atoms. The number of hydrogen-bond acceptors (Lipinski definition) is 2. The van der Waals surface area contributed by atoms with Crippen LogP contribution in [0.5, 0.6) is 0 Å². The predicted octanol–water partition coefficient (Wildman–Crippen LogP) is 6.90. The summed E-state index contributed by atoms with van der Waals surface area (Å²) in [6.45, 7) is 0.499. The van der Waals surface area contributed by atoms with Crippen molar-refractivity contribution in [1.82, 2.24) is 0 Å². The first kappa shape index (κ1) is 20.2. The van der Waals surface area contributed by atoms with E-state index in [0.717, 1.165) is 21.2 Å². The molecular weight excluding hydrogens is 448 g/mol. The van der Waals surface area contributed by atoms with Crippen molar-refractivity contribution in [1.29, 1.82) is 0 Å². The molecule has 2 atom stereocenters. The van der Waals surface area contributed by atoms with Gasteiger partial charge in [-0.05, 0) is 34.4 Å². The highest BCUT2D eigenvalue weighted by atomic mass is 79.9. The van der Waals surface area contributed by atoms with Crippen molar-refractivity contribution < 1.29 is 9.47 Å². The fourth-order valence-electron chi connectivity index (χ4n) is 4.19. The van der Waals surface area contributed by atoms with Gasteiger partial charge in [-0.1, -0.05) is 119 Å². The monoisotopic (exact) mass is 470 g/mol. The van der Waals surface area contributed by atoms with Crippen LogP contribution in [-0.2, 0) is 15.1 Å². The number of hydrogen-bond donors (Lipinski definition) is 0. The van der Waals surface area contributed by atoms with Gasteiger partial charge in [-0.25, -0.2) is 0 Å². The Morgan fingerprint density at radius 3 is 1.55 bits per heavy atom. The van der Waals surface area contributed by atoms with Crippen LogP contribution in [0.1, 0.15) is 28.4 Å². The summed E-state index contributed by atoms with van der Waals surface area (Å²) in [6, 6.07) is 39.7. The standard InChI is InChI=1S/C28H23BrO2/c29-25-18-16-21(17-19-25)27-26(31-27)20-30-28(22-10-4-1-5-11-22,23-12-6-2-7-13-23)24-14-8-3-9-15-24/h1-19,26-27H,20H2/t26-,27-/m0/s1. The molecule has 4 aromatic rings. The number of ether oxygens (including phenoxy) is 2. The van der Waals surface area contributed by atoms with Gasteiger partial charge < -0.3 is 9.47 Å². The predicted molar refractivity (Wildman–Crippen MR) is 127 cm³/mol. The molecule has 0 N–H and O–H groups in total. The lowest BCUT2D eigenvalue weighted by atomic mass is 9.80. The van der Waals surface area contributed by atoms with Gasteiger partial charge in [0.05, 0.1) is 6.61 Å². The quantitative estimate of drug-likeness (QED) is 0.216. The minimum absolute atomic E-state index is 0.0386. The summed E-state index contributed by atoms with van der Waals surface area (Å²) < 4.78 is 13.9. The first-order valence-electron chi connectivity index (χ1n) is 10.5. The van der Waals surface area contributed by atoms with Crippen LogP contribution in [0.15, 0.2) is 120 Å². The Morgan fingerprint density at radius 1 is 0.645 bits per heavy atom. The maximum Gasteiger partial charge on any atom is 0.143 e. The summed E-state index contributed by atoms with van der Waals surface area (Å²) in [5.74, 6) is 0. The van der Waals surface area contributed by atoms with Crippen molar-refractivity contribution in [2.75, 3.05) is 6.61 Å². The van der Waals surface area contributed by atoms with Gasteiger partial charge in [0, 0.05) is 4.47 Å². The molecule has 1 heterocycles. The lowest BCUT2D eigenvalue weighted by Crippen LogP contribution is -2.34. The third-order valence-electron chi connectivity index (χ3n) is 5.79. The fourth-order valence-corrected chi connectivity index (χ4v) is 4.46. The second-order valence-corrected chi connectivity index (χ2v) is 8.65. The van der Waals surface area contributed by atoms with E-state index in [2.05, 4.69) is 113 Å². The lowest BCUT2D eigenvalue weighted by molar-refractivity contribution is 0.00427. The SMILES string of the molecule is Brc1ccc([C@@H]2O[C@H]2COC(c2ccccc2)(c2ccccc2)c2ccccc2)cc1. The number of rotatable bonds is 7. The van der Waals surface area contributed by atoms with Crippen LogP contribution in [0.2, 0.25) is 0 Å². The third kappa shape index (κ3) is 4.09. The second kappa shape index (κ2) is 8.80. The van der Waals surface area contributed by atoms with Crippen molar-refractivity contribution in [3.8, 4) is 0 Å². The number of benzene rings is 4. The van der Waals surface area contributed by atoms with Crippen LogP contribution in [0.3, 0.4) is 0 Å². The Morgan fingerprint density at radius 2 is 1.10 bits per heavy atom. The van der Waals surface area contributed by atoms with E-state index < -0.39 is 5.60 Å². The minimum atomic E-state index is -0.708. The minimum Gasteiger partial charge on any atom is -0.362 e. The molecule has 4 aromatic carbocycles. The highest BCUT2D eigenvalue weighted by molar-refractivity contribution is 9.10. The zero-order chi connectivity index (χ0) is 21.1. The molecular formula is C28H23BrO2. The zero-order valence-corrected chi connectivity index (χ0v) is 18.6. The van der Waals surface area contributed by atoms with Crippen LogP contribution in [-0.4, -0.2) is 12.7 Å². The lowest BCUT2D eigenvalue weighted by Gasteiger charge is -2.35. The summed E-state index contributed by atoms with van der Waals surface area (Å²) in [5.41, 5.74) is 3.79. The molecule has 2 nitrogen and oxygen atoms in total. The largest absolute Gasteiger partial charge is 0.362 e. The molecule has 1 aliphatic rings. The zero-order valence-electron chi connectivity index (χ0n) is 17.0. The van der Waals surface area contributed by atoms with Gasteiger partial charge in [0.25, 0.3) is 0 Å². The average Bonchev–Trinajstić information content (AvgIpc) is 3.62. The molecule has 1 fully saturated rings. The van der Waals surface area contributed by atoms with E-state index in [9.17, 15) is 0 Å². The maximum atomic E-state index is 6.85. The normalized spacial score (nSPS) is 18.0. The van der Waals surface area contributed by atoms with E-state index in [1.54, 1.807) is 0 Å². The summed E-state index contributed by atoms with van der Waals surface area (Å²) in [5, 5.41) is 0. The topological polar surface area (TPSA) is 21.8 Å². The van der Waals surface area contributed by atoms with Crippen LogP contribution in [0, 0.1) is 0 Å². The molecule has 0 amide bonds. The molecule has 0 saturated carbocycles. The van der Waals surface area contributed by atoms with Gasteiger partial charge >= 0.3 is 0 Å². The van der Waals surface area contributed by atoms with E-state index in [1.807, 2.05) is 18.2 Å². The van der Waals surface area contributed by atoms with Crippen molar-refractivity contribution in [2.24, 2.45) is 0 Å².